The molecular formula is C13H10FNO2S. The molecule has 0 aliphatic rings. The first-order chi connectivity index (χ1) is 8.69. The number of benzene rings is 1. The van der Waals surface area contributed by atoms with E-state index in [2.05, 4.69) is 9.72 Å². The number of hydrogen-bond acceptors (Lipinski definition) is 4. The molecule has 0 N–H and O–H groups in total. The van der Waals surface area contributed by atoms with Crippen molar-refractivity contribution in [2.75, 3.05) is 7.11 Å². The van der Waals surface area contributed by atoms with Crippen molar-refractivity contribution in [3.8, 4) is 0 Å². The van der Waals surface area contributed by atoms with Gasteiger partial charge in [-0.15, -0.1) is 0 Å². The van der Waals surface area contributed by atoms with Crippen LogP contribution in [0.3, 0.4) is 0 Å². The van der Waals surface area contributed by atoms with E-state index in [0.29, 0.717) is 10.6 Å². The maximum absolute atomic E-state index is 12.7. The standard InChI is InChI=1S/C13H10FNO2S/c1-17-13(16)9-2-5-11(6-3-9)18-12-7-4-10(14)8-15-12/h2-8H,1H3. The molecule has 1 aromatic carbocycles. The lowest BCUT2D eigenvalue weighted by molar-refractivity contribution is 0.0600. The van der Waals surface area contributed by atoms with E-state index in [-0.39, 0.29) is 11.8 Å². The van der Waals surface area contributed by atoms with Gasteiger partial charge in [0.1, 0.15) is 10.8 Å². The Labute approximate surface area is 108 Å². The fourth-order valence-electron chi connectivity index (χ4n) is 1.32. The molecule has 0 saturated heterocycles. The van der Waals surface area contributed by atoms with Gasteiger partial charge in [-0.3, -0.25) is 0 Å². The van der Waals surface area contributed by atoms with Crippen molar-refractivity contribution in [2.24, 2.45) is 0 Å². The van der Waals surface area contributed by atoms with E-state index in [0.717, 1.165) is 4.90 Å². The number of hydrogen-bond donors (Lipinski definition) is 0. The summed E-state index contributed by atoms with van der Waals surface area (Å²) in [5.41, 5.74) is 0.494. The second-order valence-corrected chi connectivity index (χ2v) is 4.53. The fourth-order valence-corrected chi connectivity index (χ4v) is 2.08. The van der Waals surface area contributed by atoms with Gasteiger partial charge in [0.2, 0.25) is 0 Å². The van der Waals surface area contributed by atoms with Crippen LogP contribution in [0.2, 0.25) is 0 Å². The van der Waals surface area contributed by atoms with E-state index < -0.39 is 0 Å². The largest absolute Gasteiger partial charge is 0.465 e. The Morgan fingerprint density at radius 2 is 1.94 bits per heavy atom. The normalized spacial score (nSPS) is 10.1. The first-order valence-electron chi connectivity index (χ1n) is 5.17. The second kappa shape index (κ2) is 5.64. The minimum atomic E-state index is -0.369. The third-order valence-electron chi connectivity index (χ3n) is 2.20. The molecule has 0 amide bonds. The number of carbonyl (C=O) groups is 1. The Morgan fingerprint density at radius 3 is 2.50 bits per heavy atom. The quantitative estimate of drug-likeness (QED) is 0.797. The van der Waals surface area contributed by atoms with Gasteiger partial charge in [-0.1, -0.05) is 11.8 Å². The smallest absolute Gasteiger partial charge is 0.337 e. The highest BCUT2D eigenvalue weighted by Gasteiger charge is 2.05. The van der Waals surface area contributed by atoms with Crippen LogP contribution in [-0.4, -0.2) is 18.1 Å². The summed E-state index contributed by atoms with van der Waals surface area (Å²) in [6, 6.07) is 9.91. The monoisotopic (exact) mass is 263 g/mol. The molecule has 0 spiro atoms. The molecule has 0 atom stereocenters. The molecule has 5 heteroatoms. The molecule has 1 heterocycles. The lowest BCUT2D eigenvalue weighted by atomic mass is 10.2. The molecule has 0 radical (unpaired) electrons. The highest BCUT2D eigenvalue weighted by molar-refractivity contribution is 7.99. The number of rotatable bonds is 3. The lowest BCUT2D eigenvalue weighted by Crippen LogP contribution is -2.00. The van der Waals surface area contributed by atoms with Crippen LogP contribution in [0.4, 0.5) is 4.39 Å². The average molecular weight is 263 g/mol. The minimum Gasteiger partial charge on any atom is -0.465 e. The molecule has 2 aromatic rings. The van der Waals surface area contributed by atoms with Gasteiger partial charge in [0, 0.05) is 4.90 Å². The van der Waals surface area contributed by atoms with E-state index in [4.69, 9.17) is 0 Å². The van der Waals surface area contributed by atoms with Crippen molar-refractivity contribution >= 4 is 17.7 Å². The fraction of sp³-hybridized carbons (Fsp3) is 0.0769. The predicted octanol–water partition coefficient (Wildman–Crippen LogP) is 3.16. The molecule has 0 unspecified atom stereocenters. The van der Waals surface area contributed by atoms with Crippen LogP contribution in [0.15, 0.2) is 52.5 Å². The SMILES string of the molecule is COC(=O)c1ccc(Sc2ccc(F)cn2)cc1. The van der Waals surface area contributed by atoms with E-state index in [1.807, 2.05) is 0 Å². The number of aromatic nitrogens is 1. The lowest BCUT2D eigenvalue weighted by Gasteiger charge is -2.02. The van der Waals surface area contributed by atoms with Crippen LogP contribution in [-0.2, 0) is 4.74 Å². The van der Waals surface area contributed by atoms with E-state index in [1.165, 1.54) is 31.1 Å². The maximum Gasteiger partial charge on any atom is 0.337 e. The second-order valence-electron chi connectivity index (χ2n) is 3.43. The van der Waals surface area contributed by atoms with Crippen LogP contribution in [0.1, 0.15) is 10.4 Å². The third kappa shape index (κ3) is 3.07. The van der Waals surface area contributed by atoms with Crippen molar-refractivity contribution in [3.05, 3.63) is 54.0 Å². The van der Waals surface area contributed by atoms with Crippen molar-refractivity contribution in [3.63, 3.8) is 0 Å². The number of pyridine rings is 1. The van der Waals surface area contributed by atoms with Gasteiger partial charge >= 0.3 is 5.97 Å². The number of halogens is 1. The molecule has 2 rings (SSSR count). The van der Waals surface area contributed by atoms with Crippen LogP contribution in [0, 0.1) is 5.82 Å². The van der Waals surface area contributed by atoms with Gasteiger partial charge in [0.25, 0.3) is 0 Å². The summed E-state index contributed by atoms with van der Waals surface area (Å²) in [4.78, 5) is 16.1. The molecule has 0 fully saturated rings. The summed E-state index contributed by atoms with van der Waals surface area (Å²) in [6.07, 6.45) is 1.17. The Hall–Kier alpha value is -1.88. The molecule has 3 nitrogen and oxygen atoms in total. The van der Waals surface area contributed by atoms with Crippen LogP contribution < -0.4 is 0 Å². The topological polar surface area (TPSA) is 39.2 Å². The zero-order valence-electron chi connectivity index (χ0n) is 9.59. The minimum absolute atomic E-state index is 0.361. The molecule has 0 bridgehead atoms. The van der Waals surface area contributed by atoms with Gasteiger partial charge in [-0.05, 0) is 36.4 Å². The van der Waals surface area contributed by atoms with Crippen molar-refractivity contribution < 1.29 is 13.9 Å². The average Bonchev–Trinajstić information content (AvgIpc) is 2.41. The van der Waals surface area contributed by atoms with Crippen molar-refractivity contribution in [1.29, 1.82) is 0 Å². The van der Waals surface area contributed by atoms with E-state index >= 15 is 0 Å². The van der Waals surface area contributed by atoms with Crippen LogP contribution >= 0.6 is 11.8 Å². The van der Waals surface area contributed by atoms with E-state index in [1.54, 1.807) is 30.3 Å². The highest BCUT2D eigenvalue weighted by Crippen LogP contribution is 2.26. The summed E-state index contributed by atoms with van der Waals surface area (Å²) in [5.74, 6) is -0.730. The van der Waals surface area contributed by atoms with Crippen LogP contribution in [0.25, 0.3) is 0 Å². The van der Waals surface area contributed by atoms with E-state index in [9.17, 15) is 9.18 Å². The molecule has 92 valence electrons. The Balaban J connectivity index is 2.10. The number of esters is 1. The first-order valence-corrected chi connectivity index (χ1v) is 5.98. The van der Waals surface area contributed by atoms with Gasteiger partial charge in [-0.25, -0.2) is 14.2 Å². The van der Waals surface area contributed by atoms with Gasteiger partial charge < -0.3 is 4.74 Å². The molecule has 0 aliphatic heterocycles. The van der Waals surface area contributed by atoms with Crippen molar-refractivity contribution in [1.82, 2.24) is 4.98 Å². The summed E-state index contributed by atoms with van der Waals surface area (Å²) < 4.78 is 17.3. The Bertz CT molecular complexity index is 540. The summed E-state index contributed by atoms with van der Waals surface area (Å²) in [5, 5.41) is 0.696. The Kier molecular flexibility index (Phi) is 3.94. The number of carbonyl (C=O) groups excluding carboxylic acids is 1. The van der Waals surface area contributed by atoms with Crippen molar-refractivity contribution in [2.45, 2.75) is 9.92 Å². The highest BCUT2D eigenvalue weighted by atomic mass is 32.2. The molecule has 0 aliphatic carbocycles. The maximum atomic E-state index is 12.7. The zero-order valence-corrected chi connectivity index (χ0v) is 10.4. The number of ether oxygens (including phenoxy) is 1. The molecule has 18 heavy (non-hydrogen) atoms. The molecule has 1 aromatic heterocycles. The zero-order chi connectivity index (χ0) is 13.0. The van der Waals surface area contributed by atoms with Crippen LogP contribution in [0.5, 0.6) is 0 Å². The number of nitrogens with zero attached hydrogens (tertiary/aromatic N) is 1. The Morgan fingerprint density at radius 1 is 1.22 bits per heavy atom. The third-order valence-corrected chi connectivity index (χ3v) is 3.16. The van der Waals surface area contributed by atoms with Gasteiger partial charge in [-0.2, -0.15) is 0 Å². The summed E-state index contributed by atoms with van der Waals surface area (Å²) in [7, 11) is 1.34. The summed E-state index contributed by atoms with van der Waals surface area (Å²) in [6.45, 7) is 0. The molecular weight excluding hydrogens is 253 g/mol. The summed E-state index contributed by atoms with van der Waals surface area (Å²) >= 11 is 1.39. The molecule has 0 saturated carbocycles. The number of methoxy groups -OCH3 is 1. The van der Waals surface area contributed by atoms with Gasteiger partial charge in [0.15, 0.2) is 0 Å². The first kappa shape index (κ1) is 12.6. The predicted molar refractivity (Wildman–Crippen MR) is 66.1 cm³/mol. The van der Waals surface area contributed by atoms with Gasteiger partial charge in [0.05, 0.1) is 18.9 Å².